The predicted molar refractivity (Wildman–Crippen MR) is 44.5 cm³/mol. The van der Waals surface area contributed by atoms with E-state index < -0.39 is 11.7 Å². The maximum Gasteiger partial charge on any atom is 0.352 e. The molecule has 0 amide bonds. The zero-order valence-electron chi connectivity index (χ0n) is 6.59. The van der Waals surface area contributed by atoms with E-state index in [-0.39, 0.29) is 6.42 Å². The molecule has 5 N–H and O–H groups in total. The minimum absolute atomic E-state index is 0.0447. The first-order chi connectivity index (χ1) is 5.56. The van der Waals surface area contributed by atoms with Crippen molar-refractivity contribution in [1.82, 2.24) is 4.84 Å². The number of unbranched alkanes of at least 4 members (excludes halogenated alkanes) is 1. The van der Waals surface area contributed by atoms with Gasteiger partial charge in [0.15, 0.2) is 0 Å². The first-order valence-electron chi connectivity index (χ1n) is 3.60. The maximum atomic E-state index is 10.4. The van der Waals surface area contributed by atoms with E-state index in [9.17, 15) is 9.90 Å². The van der Waals surface area contributed by atoms with Crippen molar-refractivity contribution in [3.05, 3.63) is 0 Å². The number of hydrogen-bond acceptors (Lipinski definition) is 4. The Kier molecular flexibility index (Phi) is 5.16. The van der Waals surface area contributed by atoms with Gasteiger partial charge < -0.3 is 15.9 Å². The molecule has 5 nitrogen and oxygen atoms in total. The molecule has 0 saturated heterocycles. The van der Waals surface area contributed by atoms with E-state index in [4.69, 9.17) is 22.6 Å². The number of carbonyl (C=O) groups is 1. The standard InChI is InChI=1S/C6H13ClN2O3/c7-9-6(12,5(10)11)3-1-2-4-8/h9,12H,1-4,8H2,(H,10,11). The van der Waals surface area contributed by atoms with Gasteiger partial charge in [0, 0.05) is 6.42 Å². The molecule has 1 unspecified atom stereocenters. The second-order valence-electron chi connectivity index (χ2n) is 2.51. The van der Waals surface area contributed by atoms with Crippen molar-refractivity contribution < 1.29 is 15.0 Å². The molecule has 0 saturated carbocycles. The number of aliphatic hydroxyl groups is 1. The fraction of sp³-hybridized carbons (Fsp3) is 0.833. The summed E-state index contributed by atoms with van der Waals surface area (Å²) in [6, 6.07) is 0. The molecule has 0 aromatic heterocycles. The summed E-state index contributed by atoms with van der Waals surface area (Å²) in [7, 11) is 0. The van der Waals surface area contributed by atoms with Crippen LogP contribution in [0.25, 0.3) is 0 Å². The van der Waals surface area contributed by atoms with Crippen LogP contribution in [0.4, 0.5) is 0 Å². The molecule has 0 aliphatic heterocycles. The van der Waals surface area contributed by atoms with Crippen LogP contribution in [0.5, 0.6) is 0 Å². The van der Waals surface area contributed by atoms with Crippen molar-refractivity contribution in [3.8, 4) is 0 Å². The first-order valence-corrected chi connectivity index (χ1v) is 3.98. The van der Waals surface area contributed by atoms with Gasteiger partial charge in [-0.3, -0.25) is 0 Å². The Labute approximate surface area is 75.6 Å². The number of nitrogens with one attached hydrogen (secondary N) is 1. The Morgan fingerprint density at radius 3 is 2.50 bits per heavy atom. The zero-order valence-corrected chi connectivity index (χ0v) is 7.34. The largest absolute Gasteiger partial charge is 0.478 e. The van der Waals surface area contributed by atoms with Gasteiger partial charge >= 0.3 is 5.97 Å². The lowest BCUT2D eigenvalue weighted by molar-refractivity contribution is -0.160. The van der Waals surface area contributed by atoms with Crippen molar-refractivity contribution in [2.75, 3.05) is 6.54 Å². The van der Waals surface area contributed by atoms with E-state index in [0.717, 1.165) is 0 Å². The van der Waals surface area contributed by atoms with Crippen molar-refractivity contribution in [3.63, 3.8) is 0 Å². The molecular weight excluding hydrogens is 184 g/mol. The predicted octanol–water partition coefficient (Wildman–Crippen LogP) is -0.368. The third kappa shape index (κ3) is 3.36. The number of nitrogens with two attached hydrogens (primary N) is 1. The third-order valence-electron chi connectivity index (χ3n) is 1.50. The molecule has 0 aromatic rings. The van der Waals surface area contributed by atoms with E-state index in [1.165, 1.54) is 0 Å². The number of hydrogen-bond donors (Lipinski definition) is 4. The van der Waals surface area contributed by atoms with Crippen molar-refractivity contribution in [2.45, 2.75) is 25.0 Å². The summed E-state index contributed by atoms with van der Waals surface area (Å²) >= 11 is 5.07. The molecule has 0 radical (unpaired) electrons. The summed E-state index contributed by atoms with van der Waals surface area (Å²) in [4.78, 5) is 12.2. The molecule has 72 valence electrons. The highest BCUT2D eigenvalue weighted by atomic mass is 35.5. The Morgan fingerprint density at radius 1 is 1.58 bits per heavy atom. The van der Waals surface area contributed by atoms with E-state index in [1.807, 2.05) is 4.84 Å². The molecule has 0 spiro atoms. The minimum Gasteiger partial charge on any atom is -0.478 e. The van der Waals surface area contributed by atoms with Crippen molar-refractivity contribution in [2.24, 2.45) is 5.73 Å². The van der Waals surface area contributed by atoms with E-state index >= 15 is 0 Å². The average molecular weight is 197 g/mol. The lowest BCUT2D eigenvalue weighted by atomic mass is 10.1. The summed E-state index contributed by atoms with van der Waals surface area (Å²) in [5, 5.41) is 17.7. The number of carboxylic acid groups (broad SMARTS) is 1. The van der Waals surface area contributed by atoms with Gasteiger partial charge in [-0.15, -0.1) is 0 Å². The van der Waals surface area contributed by atoms with Crippen LogP contribution < -0.4 is 10.6 Å². The summed E-state index contributed by atoms with van der Waals surface area (Å²) in [5.74, 6) is -1.38. The highest BCUT2D eigenvalue weighted by molar-refractivity contribution is 6.15. The molecule has 0 aromatic carbocycles. The van der Waals surface area contributed by atoms with Crippen LogP contribution >= 0.6 is 11.8 Å². The highest BCUT2D eigenvalue weighted by Crippen LogP contribution is 2.11. The normalized spacial score (nSPS) is 15.6. The molecule has 0 aliphatic carbocycles. The van der Waals surface area contributed by atoms with Crippen molar-refractivity contribution >= 4 is 17.7 Å². The molecular formula is C6H13ClN2O3. The molecule has 0 aliphatic rings. The topological polar surface area (TPSA) is 95.6 Å². The fourth-order valence-electron chi connectivity index (χ4n) is 0.720. The fourth-order valence-corrected chi connectivity index (χ4v) is 0.895. The Hall–Kier alpha value is -0.360. The highest BCUT2D eigenvalue weighted by Gasteiger charge is 2.34. The van der Waals surface area contributed by atoms with Crippen LogP contribution in [-0.2, 0) is 4.79 Å². The Morgan fingerprint density at radius 2 is 2.17 bits per heavy atom. The smallest absolute Gasteiger partial charge is 0.352 e. The van der Waals surface area contributed by atoms with Gasteiger partial charge in [-0.25, -0.2) is 4.79 Å². The second-order valence-corrected chi connectivity index (χ2v) is 2.69. The van der Waals surface area contributed by atoms with Gasteiger partial charge in [0.05, 0.1) is 0 Å². The zero-order chi connectivity index (χ0) is 9.61. The monoisotopic (exact) mass is 196 g/mol. The molecule has 12 heavy (non-hydrogen) atoms. The number of halogens is 1. The molecule has 0 bridgehead atoms. The van der Waals surface area contributed by atoms with Crippen LogP contribution in [0.2, 0.25) is 0 Å². The van der Waals surface area contributed by atoms with Gasteiger partial charge in [-0.2, -0.15) is 4.84 Å². The van der Waals surface area contributed by atoms with E-state index in [1.54, 1.807) is 0 Å². The quantitative estimate of drug-likeness (QED) is 0.264. The van der Waals surface area contributed by atoms with Crippen LogP contribution in [0, 0.1) is 0 Å². The van der Waals surface area contributed by atoms with Gasteiger partial charge in [0.1, 0.15) is 0 Å². The summed E-state index contributed by atoms with van der Waals surface area (Å²) in [6.07, 6.45) is 1.22. The van der Waals surface area contributed by atoms with Crippen LogP contribution in [-0.4, -0.2) is 28.5 Å². The summed E-state index contributed by atoms with van der Waals surface area (Å²) in [6.45, 7) is 0.470. The Bertz CT molecular complexity index is 156. The molecule has 6 heteroatoms. The average Bonchev–Trinajstić information content (AvgIpc) is 2.04. The number of aliphatic carboxylic acids is 1. The molecule has 0 heterocycles. The Balaban J connectivity index is 3.88. The lowest BCUT2D eigenvalue weighted by Crippen LogP contribution is -2.47. The van der Waals surface area contributed by atoms with E-state index in [2.05, 4.69) is 0 Å². The molecule has 0 rings (SSSR count). The maximum absolute atomic E-state index is 10.4. The first kappa shape index (κ1) is 11.6. The van der Waals surface area contributed by atoms with Crippen molar-refractivity contribution in [1.29, 1.82) is 0 Å². The third-order valence-corrected chi connectivity index (χ3v) is 1.82. The minimum atomic E-state index is -2.03. The van der Waals surface area contributed by atoms with E-state index in [0.29, 0.717) is 19.4 Å². The van der Waals surface area contributed by atoms with Crippen LogP contribution in [0.3, 0.4) is 0 Å². The van der Waals surface area contributed by atoms with Gasteiger partial charge in [0.25, 0.3) is 0 Å². The molecule has 1 atom stereocenters. The summed E-state index contributed by atoms with van der Waals surface area (Å²) < 4.78 is 0. The number of rotatable bonds is 6. The molecule has 0 fully saturated rings. The van der Waals surface area contributed by atoms with Gasteiger partial charge in [-0.1, -0.05) is 0 Å². The van der Waals surface area contributed by atoms with Gasteiger partial charge in [-0.05, 0) is 31.2 Å². The lowest BCUT2D eigenvalue weighted by Gasteiger charge is -2.20. The second kappa shape index (κ2) is 5.31. The van der Waals surface area contributed by atoms with Crippen LogP contribution in [0.15, 0.2) is 0 Å². The number of carboxylic acids is 1. The van der Waals surface area contributed by atoms with Crippen LogP contribution in [0.1, 0.15) is 19.3 Å². The SMILES string of the molecule is NCCCCC(O)(NCl)C(=O)O. The summed E-state index contributed by atoms with van der Waals surface area (Å²) in [5.41, 5.74) is 3.16. The van der Waals surface area contributed by atoms with Gasteiger partial charge in [0.2, 0.25) is 5.72 Å².